The smallest absolute Gasteiger partial charge is 0.0624 e. The van der Waals surface area contributed by atoms with Crippen molar-refractivity contribution in [1.29, 1.82) is 0 Å². The molecule has 0 bridgehead atoms. The first-order chi connectivity index (χ1) is 9.20. The molecule has 0 aliphatic rings. The molecule has 0 saturated heterocycles. The first-order valence-corrected chi connectivity index (χ1v) is 8.08. The van der Waals surface area contributed by atoms with E-state index in [1.807, 2.05) is 18.2 Å². The third-order valence-corrected chi connectivity index (χ3v) is 4.64. The van der Waals surface area contributed by atoms with Crippen molar-refractivity contribution < 1.29 is 0 Å². The number of hydrogen-bond donors (Lipinski definition) is 1. The molecule has 0 saturated carbocycles. The predicted octanol–water partition coefficient (Wildman–Crippen LogP) is 4.82. The summed E-state index contributed by atoms with van der Waals surface area (Å²) < 4.78 is 0. The monoisotopic (exact) mass is 313 g/mol. The molecule has 1 unspecified atom stereocenters. The molecule has 2 aromatic rings. The van der Waals surface area contributed by atoms with Gasteiger partial charge in [0.2, 0.25) is 0 Å². The molecule has 102 valence electrons. The molecule has 1 atom stereocenters. The van der Waals surface area contributed by atoms with Crippen LogP contribution in [0.4, 0.5) is 0 Å². The molecule has 19 heavy (non-hydrogen) atoms. The van der Waals surface area contributed by atoms with E-state index in [0.717, 1.165) is 24.9 Å². The molecule has 1 heterocycles. The van der Waals surface area contributed by atoms with Crippen molar-refractivity contribution in [1.82, 2.24) is 5.32 Å². The van der Waals surface area contributed by atoms with Crippen molar-refractivity contribution in [3.05, 3.63) is 56.2 Å². The highest BCUT2D eigenvalue weighted by Gasteiger charge is 2.13. The first kappa shape index (κ1) is 14.9. The molecule has 0 radical (unpaired) electrons. The van der Waals surface area contributed by atoms with Crippen molar-refractivity contribution in [2.75, 3.05) is 6.54 Å². The molecule has 1 nitrogen and oxygen atoms in total. The van der Waals surface area contributed by atoms with E-state index in [4.69, 9.17) is 23.2 Å². The van der Waals surface area contributed by atoms with E-state index in [1.54, 1.807) is 11.3 Å². The number of benzene rings is 1. The quantitative estimate of drug-likeness (QED) is 0.806. The third kappa shape index (κ3) is 4.22. The van der Waals surface area contributed by atoms with Crippen LogP contribution in [-0.4, -0.2) is 12.6 Å². The zero-order valence-electron chi connectivity index (χ0n) is 10.8. The van der Waals surface area contributed by atoms with Crippen LogP contribution < -0.4 is 5.32 Å². The minimum absolute atomic E-state index is 0.385. The minimum Gasteiger partial charge on any atom is -0.314 e. The Kier molecular flexibility index (Phi) is 5.71. The molecular weight excluding hydrogens is 297 g/mol. The number of thiophene rings is 1. The van der Waals surface area contributed by atoms with Gasteiger partial charge in [-0.05, 0) is 53.4 Å². The van der Waals surface area contributed by atoms with Gasteiger partial charge in [-0.3, -0.25) is 0 Å². The summed E-state index contributed by atoms with van der Waals surface area (Å²) in [7, 11) is 0. The van der Waals surface area contributed by atoms with Crippen LogP contribution in [0.15, 0.2) is 35.0 Å². The van der Waals surface area contributed by atoms with E-state index in [1.165, 1.54) is 5.56 Å². The van der Waals surface area contributed by atoms with Crippen LogP contribution in [0.5, 0.6) is 0 Å². The normalized spacial score (nSPS) is 12.6. The van der Waals surface area contributed by atoms with E-state index in [0.29, 0.717) is 16.1 Å². The Balaban J connectivity index is 2.09. The van der Waals surface area contributed by atoms with Gasteiger partial charge in [-0.2, -0.15) is 11.3 Å². The maximum Gasteiger partial charge on any atom is 0.0624 e. The Labute approximate surface area is 128 Å². The maximum atomic E-state index is 6.26. The molecule has 0 aliphatic carbocycles. The highest BCUT2D eigenvalue weighted by atomic mass is 35.5. The summed E-state index contributed by atoms with van der Waals surface area (Å²) in [5.41, 5.74) is 2.48. The number of halogens is 2. The number of nitrogens with one attached hydrogen (secondary N) is 1. The summed E-state index contributed by atoms with van der Waals surface area (Å²) in [6, 6.07) is 8.39. The zero-order valence-corrected chi connectivity index (χ0v) is 13.2. The molecule has 1 aromatic carbocycles. The molecular formula is C15H17Cl2NS. The van der Waals surface area contributed by atoms with Crippen LogP contribution in [0.1, 0.15) is 18.1 Å². The van der Waals surface area contributed by atoms with Gasteiger partial charge in [0.25, 0.3) is 0 Å². The van der Waals surface area contributed by atoms with Gasteiger partial charge in [-0.15, -0.1) is 0 Å². The maximum absolute atomic E-state index is 6.26. The summed E-state index contributed by atoms with van der Waals surface area (Å²) in [5.74, 6) is 0. The van der Waals surface area contributed by atoms with Crippen LogP contribution in [0.25, 0.3) is 0 Å². The molecule has 1 aromatic heterocycles. The number of likely N-dealkylation sites (N-methyl/N-ethyl adjacent to an activating group) is 1. The Morgan fingerprint density at radius 2 is 2.05 bits per heavy atom. The third-order valence-electron chi connectivity index (χ3n) is 3.05. The van der Waals surface area contributed by atoms with Gasteiger partial charge >= 0.3 is 0 Å². The van der Waals surface area contributed by atoms with Crippen LogP contribution in [0.2, 0.25) is 10.0 Å². The van der Waals surface area contributed by atoms with Crippen molar-refractivity contribution in [2.24, 2.45) is 0 Å². The van der Waals surface area contributed by atoms with Gasteiger partial charge in [-0.1, -0.05) is 42.3 Å². The Bertz CT molecular complexity index is 511. The summed E-state index contributed by atoms with van der Waals surface area (Å²) in [6.45, 7) is 3.08. The van der Waals surface area contributed by atoms with Gasteiger partial charge in [0.1, 0.15) is 0 Å². The van der Waals surface area contributed by atoms with Crippen molar-refractivity contribution >= 4 is 34.5 Å². The second-order valence-electron chi connectivity index (χ2n) is 4.51. The average Bonchev–Trinajstić information content (AvgIpc) is 2.88. The van der Waals surface area contributed by atoms with Gasteiger partial charge in [0, 0.05) is 6.04 Å². The van der Waals surface area contributed by atoms with Gasteiger partial charge in [-0.25, -0.2) is 0 Å². The lowest BCUT2D eigenvalue weighted by molar-refractivity contribution is 0.522. The molecule has 0 fully saturated rings. The van der Waals surface area contributed by atoms with E-state index in [2.05, 4.69) is 29.1 Å². The average molecular weight is 314 g/mol. The van der Waals surface area contributed by atoms with Gasteiger partial charge < -0.3 is 5.32 Å². The highest BCUT2D eigenvalue weighted by Crippen LogP contribution is 2.27. The molecule has 0 amide bonds. The number of rotatable bonds is 6. The summed E-state index contributed by atoms with van der Waals surface area (Å²) in [4.78, 5) is 0. The van der Waals surface area contributed by atoms with E-state index < -0.39 is 0 Å². The van der Waals surface area contributed by atoms with Crippen LogP contribution in [0.3, 0.4) is 0 Å². The number of hydrogen-bond acceptors (Lipinski definition) is 2. The van der Waals surface area contributed by atoms with Crippen LogP contribution >= 0.6 is 34.5 Å². The second-order valence-corrected chi connectivity index (χ2v) is 6.07. The van der Waals surface area contributed by atoms with Crippen LogP contribution in [-0.2, 0) is 12.8 Å². The molecule has 4 heteroatoms. The SMILES string of the molecule is CCNC(Cc1ccsc1)Cc1cccc(Cl)c1Cl. The predicted molar refractivity (Wildman–Crippen MR) is 85.7 cm³/mol. The molecule has 1 N–H and O–H groups in total. The minimum atomic E-state index is 0.385. The topological polar surface area (TPSA) is 12.0 Å². The Hall–Kier alpha value is -0.540. The fourth-order valence-corrected chi connectivity index (χ4v) is 3.25. The summed E-state index contributed by atoms with van der Waals surface area (Å²) in [5, 5.41) is 9.14. The van der Waals surface area contributed by atoms with Crippen molar-refractivity contribution in [2.45, 2.75) is 25.8 Å². The molecule has 0 aliphatic heterocycles. The van der Waals surface area contributed by atoms with Crippen molar-refractivity contribution in [3.63, 3.8) is 0 Å². The van der Waals surface area contributed by atoms with E-state index in [-0.39, 0.29) is 0 Å². The van der Waals surface area contributed by atoms with Gasteiger partial charge in [0.15, 0.2) is 0 Å². The lowest BCUT2D eigenvalue weighted by Crippen LogP contribution is -2.33. The second kappa shape index (κ2) is 7.30. The van der Waals surface area contributed by atoms with Crippen molar-refractivity contribution in [3.8, 4) is 0 Å². The molecule has 0 spiro atoms. The standard InChI is InChI=1S/C15H17Cl2NS/c1-2-18-13(8-11-6-7-19-10-11)9-12-4-3-5-14(16)15(12)17/h3-7,10,13,18H,2,8-9H2,1H3. The lowest BCUT2D eigenvalue weighted by atomic mass is 10.0. The first-order valence-electron chi connectivity index (χ1n) is 6.38. The Morgan fingerprint density at radius 1 is 1.21 bits per heavy atom. The fraction of sp³-hybridized carbons (Fsp3) is 0.333. The summed E-state index contributed by atoms with van der Waals surface area (Å²) in [6.07, 6.45) is 1.91. The molecule has 2 rings (SSSR count). The van der Waals surface area contributed by atoms with Gasteiger partial charge in [0.05, 0.1) is 10.0 Å². The largest absolute Gasteiger partial charge is 0.314 e. The van der Waals surface area contributed by atoms with E-state index in [9.17, 15) is 0 Å². The Morgan fingerprint density at radius 3 is 2.74 bits per heavy atom. The van der Waals surface area contributed by atoms with E-state index >= 15 is 0 Å². The fourth-order valence-electron chi connectivity index (χ4n) is 2.17. The highest BCUT2D eigenvalue weighted by molar-refractivity contribution is 7.07. The zero-order chi connectivity index (χ0) is 13.7. The van der Waals surface area contributed by atoms with Crippen LogP contribution in [0, 0.1) is 0 Å². The summed E-state index contributed by atoms with van der Waals surface area (Å²) >= 11 is 14.1. The lowest BCUT2D eigenvalue weighted by Gasteiger charge is -2.18.